The summed E-state index contributed by atoms with van der Waals surface area (Å²) >= 11 is 0. The third kappa shape index (κ3) is 2.08. The number of nitrogens with zero attached hydrogens (tertiary/aromatic N) is 2. The summed E-state index contributed by atoms with van der Waals surface area (Å²) in [6.45, 7) is 3.97. The topological polar surface area (TPSA) is 96.7 Å². The summed E-state index contributed by atoms with van der Waals surface area (Å²) in [5.74, 6) is 0.248. The number of hydrogen-bond donors (Lipinski definition) is 3. The molecule has 0 unspecified atom stereocenters. The summed E-state index contributed by atoms with van der Waals surface area (Å²) in [6.07, 6.45) is 1.63. The van der Waals surface area contributed by atoms with Crippen molar-refractivity contribution in [2.75, 3.05) is 17.6 Å². The number of aromatic amines is 1. The molecule has 0 saturated carbocycles. The Morgan fingerprint density at radius 1 is 1.67 bits per heavy atom. The van der Waals surface area contributed by atoms with E-state index in [2.05, 4.69) is 26.8 Å². The highest BCUT2D eigenvalue weighted by Crippen LogP contribution is 1.93. The number of H-pyrrole nitrogens is 1. The molecule has 0 atom stereocenters. The van der Waals surface area contributed by atoms with Gasteiger partial charge in [0, 0.05) is 6.54 Å². The van der Waals surface area contributed by atoms with Crippen molar-refractivity contribution in [1.82, 2.24) is 15.0 Å². The molecule has 0 aliphatic heterocycles. The van der Waals surface area contributed by atoms with Crippen LogP contribution in [0.3, 0.4) is 0 Å². The average Bonchev–Trinajstić information content (AvgIpc) is 1.99. The number of aromatic nitrogens is 3. The highest BCUT2D eigenvalue weighted by Gasteiger charge is 1.96. The van der Waals surface area contributed by atoms with Crippen molar-refractivity contribution in [3.05, 3.63) is 23.1 Å². The molecule has 0 aliphatic rings. The zero-order valence-electron chi connectivity index (χ0n) is 6.37. The van der Waals surface area contributed by atoms with Crippen molar-refractivity contribution in [2.24, 2.45) is 0 Å². The van der Waals surface area contributed by atoms with Crippen LogP contribution in [0.4, 0.5) is 11.9 Å². The first-order chi connectivity index (χ1) is 5.72. The molecule has 6 heteroatoms. The van der Waals surface area contributed by atoms with E-state index in [0.717, 1.165) is 0 Å². The normalized spacial score (nSPS) is 9.33. The van der Waals surface area contributed by atoms with Gasteiger partial charge in [0.25, 0.3) is 0 Å². The molecule has 0 radical (unpaired) electrons. The van der Waals surface area contributed by atoms with Gasteiger partial charge in [-0.25, -0.2) is 4.79 Å². The van der Waals surface area contributed by atoms with Gasteiger partial charge in [0.15, 0.2) is 0 Å². The molecule has 12 heavy (non-hydrogen) atoms. The first-order valence-corrected chi connectivity index (χ1v) is 3.31. The van der Waals surface area contributed by atoms with E-state index in [1.54, 1.807) is 6.08 Å². The summed E-state index contributed by atoms with van der Waals surface area (Å²) in [5, 5.41) is 2.74. The Morgan fingerprint density at radius 2 is 2.42 bits per heavy atom. The molecule has 6 nitrogen and oxygen atoms in total. The van der Waals surface area contributed by atoms with Crippen molar-refractivity contribution in [3.63, 3.8) is 0 Å². The van der Waals surface area contributed by atoms with Crippen molar-refractivity contribution in [3.8, 4) is 0 Å². The Bertz CT molecular complexity index is 331. The van der Waals surface area contributed by atoms with Gasteiger partial charge < -0.3 is 11.1 Å². The zero-order chi connectivity index (χ0) is 8.97. The summed E-state index contributed by atoms with van der Waals surface area (Å²) in [5.41, 5.74) is 4.74. The van der Waals surface area contributed by atoms with Gasteiger partial charge in [0.1, 0.15) is 0 Å². The third-order valence-corrected chi connectivity index (χ3v) is 1.07. The molecule has 4 N–H and O–H groups in total. The number of nitrogen functional groups attached to an aromatic ring is 1. The molecule has 1 aromatic rings. The van der Waals surface area contributed by atoms with E-state index in [0.29, 0.717) is 6.54 Å². The summed E-state index contributed by atoms with van der Waals surface area (Å²) in [4.78, 5) is 20.2. The fourth-order valence-corrected chi connectivity index (χ4v) is 0.643. The number of anilines is 2. The van der Waals surface area contributed by atoms with Crippen LogP contribution in [0.15, 0.2) is 17.4 Å². The van der Waals surface area contributed by atoms with Gasteiger partial charge in [-0.3, -0.25) is 4.98 Å². The van der Waals surface area contributed by atoms with Gasteiger partial charge in [-0.05, 0) is 0 Å². The lowest BCUT2D eigenvalue weighted by Gasteiger charge is -1.99. The van der Waals surface area contributed by atoms with Crippen LogP contribution in [0.5, 0.6) is 0 Å². The van der Waals surface area contributed by atoms with Gasteiger partial charge in [-0.1, -0.05) is 6.08 Å². The average molecular weight is 167 g/mol. The molecule has 0 saturated heterocycles. The maximum absolute atomic E-state index is 10.7. The van der Waals surface area contributed by atoms with Crippen molar-refractivity contribution in [1.29, 1.82) is 0 Å². The smallest absolute Gasteiger partial charge is 0.350 e. The molecule has 0 aromatic carbocycles. The minimum atomic E-state index is -0.519. The van der Waals surface area contributed by atoms with Gasteiger partial charge in [0.2, 0.25) is 11.9 Å². The maximum atomic E-state index is 10.7. The number of rotatable bonds is 3. The molecule has 1 aromatic heterocycles. The molecule has 0 spiro atoms. The van der Waals surface area contributed by atoms with Crippen LogP contribution in [-0.2, 0) is 0 Å². The molecule has 1 rings (SSSR count). The Labute approximate surface area is 68.5 Å². The summed E-state index contributed by atoms with van der Waals surface area (Å²) < 4.78 is 0. The van der Waals surface area contributed by atoms with Crippen molar-refractivity contribution < 1.29 is 0 Å². The first-order valence-electron chi connectivity index (χ1n) is 3.31. The van der Waals surface area contributed by atoms with E-state index < -0.39 is 5.69 Å². The fraction of sp³-hybridized carbons (Fsp3) is 0.167. The number of hydrogen-bond acceptors (Lipinski definition) is 5. The van der Waals surface area contributed by atoms with E-state index in [1.807, 2.05) is 0 Å². The lowest BCUT2D eigenvalue weighted by Crippen LogP contribution is -2.17. The van der Waals surface area contributed by atoms with Crippen LogP contribution in [0.2, 0.25) is 0 Å². The van der Waals surface area contributed by atoms with Gasteiger partial charge >= 0.3 is 5.69 Å². The second-order valence-electron chi connectivity index (χ2n) is 2.03. The minimum Gasteiger partial charge on any atom is -0.369 e. The highest BCUT2D eigenvalue weighted by atomic mass is 16.1. The van der Waals surface area contributed by atoms with Gasteiger partial charge in [-0.15, -0.1) is 6.58 Å². The SMILES string of the molecule is C=CCNc1nc(N)[nH]c(=O)n1. The Morgan fingerprint density at radius 3 is 3.00 bits per heavy atom. The first kappa shape index (κ1) is 8.25. The highest BCUT2D eigenvalue weighted by molar-refractivity contribution is 5.29. The lowest BCUT2D eigenvalue weighted by atomic mass is 10.6. The predicted molar refractivity (Wildman–Crippen MR) is 45.8 cm³/mol. The molecule has 1 heterocycles. The molecule has 0 amide bonds. The quantitative estimate of drug-likeness (QED) is 0.519. The van der Waals surface area contributed by atoms with Crippen LogP contribution in [-0.4, -0.2) is 21.5 Å². The van der Waals surface area contributed by atoms with Crippen LogP contribution in [0.1, 0.15) is 0 Å². The van der Waals surface area contributed by atoms with E-state index in [-0.39, 0.29) is 11.9 Å². The Hall–Kier alpha value is -1.85. The molecule has 0 fully saturated rings. The lowest BCUT2D eigenvalue weighted by molar-refractivity contribution is 0.992. The van der Waals surface area contributed by atoms with Gasteiger partial charge in [0.05, 0.1) is 0 Å². The van der Waals surface area contributed by atoms with Crippen molar-refractivity contribution >= 4 is 11.9 Å². The summed E-state index contributed by atoms with van der Waals surface area (Å²) in [6, 6.07) is 0. The third-order valence-electron chi connectivity index (χ3n) is 1.07. The van der Waals surface area contributed by atoms with Crippen molar-refractivity contribution in [2.45, 2.75) is 0 Å². The predicted octanol–water partition coefficient (Wildman–Crippen LogP) is -0.655. The second-order valence-corrected chi connectivity index (χ2v) is 2.03. The number of nitrogens with two attached hydrogens (primary N) is 1. The van der Waals surface area contributed by atoms with Crippen LogP contribution in [0, 0.1) is 0 Å². The Balaban J connectivity index is 2.85. The molecular weight excluding hydrogens is 158 g/mol. The number of nitrogens with one attached hydrogen (secondary N) is 2. The summed E-state index contributed by atoms with van der Waals surface area (Å²) in [7, 11) is 0. The molecule has 64 valence electrons. The molecule has 0 aliphatic carbocycles. The van der Waals surface area contributed by atoms with Crippen LogP contribution < -0.4 is 16.7 Å². The monoisotopic (exact) mass is 167 g/mol. The molecule has 0 bridgehead atoms. The maximum Gasteiger partial charge on any atom is 0.350 e. The van der Waals surface area contributed by atoms with Gasteiger partial charge in [-0.2, -0.15) is 9.97 Å². The molecular formula is C6H9N5O. The van der Waals surface area contributed by atoms with E-state index in [4.69, 9.17) is 5.73 Å². The van der Waals surface area contributed by atoms with E-state index in [1.165, 1.54) is 0 Å². The fourth-order valence-electron chi connectivity index (χ4n) is 0.643. The van der Waals surface area contributed by atoms with E-state index >= 15 is 0 Å². The van der Waals surface area contributed by atoms with Crippen LogP contribution in [0.25, 0.3) is 0 Å². The Kier molecular flexibility index (Phi) is 2.42. The second kappa shape index (κ2) is 3.51. The zero-order valence-corrected chi connectivity index (χ0v) is 6.37. The minimum absolute atomic E-state index is 0.0431. The standard InChI is InChI=1S/C6H9N5O/c1-2-3-8-5-9-4(7)10-6(12)11-5/h2H,1,3H2,(H4,7,8,9,10,11,12). The van der Waals surface area contributed by atoms with E-state index in [9.17, 15) is 4.79 Å². The largest absolute Gasteiger partial charge is 0.369 e. The van der Waals surface area contributed by atoms with Crippen LogP contribution >= 0.6 is 0 Å².